The second-order valence-corrected chi connectivity index (χ2v) is 9.64. The first-order chi connectivity index (χ1) is 13.5. The number of thiophene rings is 1. The molecule has 0 unspecified atom stereocenters. The first-order valence-corrected chi connectivity index (χ1v) is 11.5. The van der Waals surface area contributed by atoms with E-state index in [0.29, 0.717) is 16.8 Å². The van der Waals surface area contributed by atoms with Crippen molar-refractivity contribution in [2.45, 2.75) is 42.7 Å². The zero-order valence-corrected chi connectivity index (χ0v) is 18.2. The highest BCUT2D eigenvalue weighted by Gasteiger charge is 2.31. The van der Waals surface area contributed by atoms with Crippen molar-refractivity contribution in [2.24, 2.45) is 0 Å². The lowest BCUT2D eigenvalue weighted by atomic mass is 9.88. The molecule has 4 aromatic rings. The Morgan fingerprint density at radius 2 is 1.89 bits per heavy atom. The van der Waals surface area contributed by atoms with E-state index >= 15 is 0 Å². The number of hydrogen-bond donors (Lipinski definition) is 0. The van der Waals surface area contributed by atoms with Crippen molar-refractivity contribution < 1.29 is 4.74 Å². The number of aromatic nitrogens is 3. The molecule has 0 aliphatic carbocycles. The molecule has 0 spiro atoms. The van der Waals surface area contributed by atoms with Crippen LogP contribution in [-0.4, -0.2) is 26.8 Å². The molecule has 1 aliphatic rings. The Hall–Kier alpha value is -1.80. The zero-order valence-electron chi connectivity index (χ0n) is 15.8. The Morgan fingerprint density at radius 1 is 1.11 bits per heavy atom. The lowest BCUT2D eigenvalue weighted by molar-refractivity contribution is -0.0394. The van der Waals surface area contributed by atoms with E-state index in [0.717, 1.165) is 43.7 Å². The van der Waals surface area contributed by atoms with Crippen molar-refractivity contribution in [1.82, 2.24) is 15.0 Å². The summed E-state index contributed by atoms with van der Waals surface area (Å²) in [6, 6.07) is 10.3. The molecule has 0 fully saturated rings. The van der Waals surface area contributed by atoms with Crippen molar-refractivity contribution >= 4 is 56.2 Å². The van der Waals surface area contributed by atoms with Crippen LogP contribution in [0.4, 0.5) is 0 Å². The van der Waals surface area contributed by atoms with E-state index in [2.05, 4.69) is 31.0 Å². The van der Waals surface area contributed by atoms with Crippen LogP contribution in [0.5, 0.6) is 0 Å². The largest absolute Gasteiger partial charge is 0.759 e. The molecule has 0 saturated carbocycles. The van der Waals surface area contributed by atoms with Crippen LogP contribution in [0.25, 0.3) is 31.7 Å². The smallest absolute Gasteiger partial charge is 0.186 e. The molecule has 5 rings (SSSR count). The van der Waals surface area contributed by atoms with Gasteiger partial charge in [-0.05, 0) is 25.7 Å². The number of thioether (sulfide) groups is 1. The molecule has 0 atom stereocenters. The fraction of sp³-hybridized carbons (Fsp3) is 0.286. The number of pyridine rings is 1. The SMILES string of the molecule is CSc1nc([S-])c2sc3nc(-c4ccccc4)c4c(c3c2n1)CC(C)(C)OC4. The van der Waals surface area contributed by atoms with Gasteiger partial charge in [0.1, 0.15) is 4.83 Å². The van der Waals surface area contributed by atoms with E-state index < -0.39 is 0 Å². The molecule has 3 aromatic heterocycles. The lowest BCUT2D eigenvalue weighted by Crippen LogP contribution is -2.32. The molecule has 0 radical (unpaired) electrons. The van der Waals surface area contributed by atoms with Crippen molar-refractivity contribution in [3.8, 4) is 11.3 Å². The molecule has 4 nitrogen and oxygen atoms in total. The molecule has 28 heavy (non-hydrogen) atoms. The van der Waals surface area contributed by atoms with E-state index in [1.165, 1.54) is 17.3 Å². The number of benzene rings is 1. The Balaban J connectivity index is 1.91. The van der Waals surface area contributed by atoms with Gasteiger partial charge in [0.15, 0.2) is 5.16 Å². The molecule has 7 heteroatoms. The summed E-state index contributed by atoms with van der Waals surface area (Å²) in [5.41, 5.74) is 5.25. The van der Waals surface area contributed by atoms with Crippen LogP contribution in [0.15, 0.2) is 40.5 Å². The second-order valence-electron chi connectivity index (χ2n) is 7.48. The maximum absolute atomic E-state index is 6.17. The maximum Gasteiger partial charge on any atom is 0.186 e. The molecule has 0 N–H and O–H groups in total. The molecule has 1 aromatic carbocycles. The first-order valence-electron chi connectivity index (χ1n) is 9.03. The summed E-state index contributed by atoms with van der Waals surface area (Å²) in [5, 5.41) is 2.44. The standard InChI is InChI=1S/C21H19N3OS3/c1-21(2)9-12-13(10-25-21)15(11-7-5-4-6-8-11)22-19-14(12)16-17(28-19)18(26)24-20(23-16)27-3/h4-8H,9-10H2,1-3H3,(H,23,24,26)/p-1. The fourth-order valence-electron chi connectivity index (χ4n) is 3.76. The van der Waals surface area contributed by atoms with Crippen molar-refractivity contribution in [3.63, 3.8) is 0 Å². The van der Waals surface area contributed by atoms with Crippen LogP contribution in [0.2, 0.25) is 0 Å². The highest BCUT2D eigenvalue weighted by atomic mass is 32.2. The van der Waals surface area contributed by atoms with Gasteiger partial charge < -0.3 is 17.4 Å². The fourth-order valence-corrected chi connectivity index (χ4v) is 5.52. The molecular weight excluding hydrogens is 406 g/mol. The summed E-state index contributed by atoms with van der Waals surface area (Å²) in [4.78, 5) is 15.3. The summed E-state index contributed by atoms with van der Waals surface area (Å²) in [6.45, 7) is 4.83. The number of ether oxygens (including phenoxy) is 1. The molecule has 0 bridgehead atoms. The minimum absolute atomic E-state index is 0.227. The maximum atomic E-state index is 6.17. The predicted molar refractivity (Wildman–Crippen MR) is 118 cm³/mol. The van der Waals surface area contributed by atoms with Gasteiger partial charge in [-0.25, -0.2) is 9.97 Å². The van der Waals surface area contributed by atoms with E-state index in [9.17, 15) is 0 Å². The summed E-state index contributed by atoms with van der Waals surface area (Å²) in [5.74, 6) is 0. The average molecular weight is 425 g/mol. The summed E-state index contributed by atoms with van der Waals surface area (Å²) >= 11 is 8.68. The Bertz CT molecular complexity index is 1220. The van der Waals surface area contributed by atoms with Gasteiger partial charge in [-0.3, -0.25) is 4.98 Å². The molecule has 0 amide bonds. The number of nitrogens with zero attached hydrogens (tertiary/aromatic N) is 3. The van der Waals surface area contributed by atoms with Crippen molar-refractivity contribution in [2.75, 3.05) is 6.26 Å². The number of rotatable bonds is 2. The van der Waals surface area contributed by atoms with E-state index in [-0.39, 0.29) is 5.60 Å². The van der Waals surface area contributed by atoms with Gasteiger partial charge in [-0.1, -0.05) is 47.1 Å². The minimum atomic E-state index is -0.227. The summed E-state index contributed by atoms with van der Waals surface area (Å²) < 4.78 is 7.12. The Labute approximate surface area is 177 Å². The Kier molecular flexibility index (Phi) is 4.32. The monoisotopic (exact) mass is 424 g/mol. The van der Waals surface area contributed by atoms with Gasteiger partial charge in [0.25, 0.3) is 0 Å². The van der Waals surface area contributed by atoms with Crippen molar-refractivity contribution in [3.05, 3.63) is 41.5 Å². The van der Waals surface area contributed by atoms with Gasteiger partial charge in [-0.15, -0.1) is 11.3 Å². The predicted octanol–water partition coefficient (Wildman–Crippen LogP) is 5.39. The van der Waals surface area contributed by atoms with E-state index in [4.69, 9.17) is 27.3 Å². The van der Waals surface area contributed by atoms with Gasteiger partial charge in [-0.2, -0.15) is 0 Å². The summed E-state index contributed by atoms with van der Waals surface area (Å²) in [7, 11) is 0. The van der Waals surface area contributed by atoms with Crippen molar-refractivity contribution in [1.29, 1.82) is 0 Å². The normalized spacial score (nSPS) is 15.8. The quantitative estimate of drug-likeness (QED) is 0.186. The number of hydrogen-bond acceptors (Lipinski definition) is 7. The van der Waals surface area contributed by atoms with Gasteiger partial charge in [0, 0.05) is 22.9 Å². The second kappa shape index (κ2) is 6.62. The van der Waals surface area contributed by atoms with E-state index in [1.807, 2.05) is 24.5 Å². The Morgan fingerprint density at radius 3 is 2.64 bits per heavy atom. The first kappa shape index (κ1) is 18.2. The molecule has 142 valence electrons. The number of fused-ring (bicyclic) bond motifs is 5. The highest BCUT2D eigenvalue weighted by Crippen LogP contribution is 2.43. The highest BCUT2D eigenvalue weighted by molar-refractivity contribution is 7.98. The van der Waals surface area contributed by atoms with Gasteiger partial charge in [0.05, 0.1) is 28.1 Å². The van der Waals surface area contributed by atoms with Crippen LogP contribution in [0, 0.1) is 0 Å². The molecule has 4 heterocycles. The molecule has 0 saturated heterocycles. The van der Waals surface area contributed by atoms with Crippen LogP contribution >= 0.6 is 23.1 Å². The third-order valence-corrected chi connectivity index (χ3v) is 7.12. The van der Waals surface area contributed by atoms with Crippen LogP contribution in [0.3, 0.4) is 0 Å². The molecular formula is C21H18N3OS3-. The summed E-state index contributed by atoms with van der Waals surface area (Å²) in [6.07, 6.45) is 2.79. The van der Waals surface area contributed by atoms with Crippen LogP contribution < -0.4 is 0 Å². The third-order valence-electron chi connectivity index (χ3n) is 5.07. The van der Waals surface area contributed by atoms with Crippen LogP contribution in [0.1, 0.15) is 25.0 Å². The molecule has 1 aliphatic heterocycles. The average Bonchev–Trinajstić information content (AvgIpc) is 3.06. The van der Waals surface area contributed by atoms with E-state index in [1.54, 1.807) is 11.3 Å². The lowest BCUT2D eigenvalue weighted by Gasteiger charge is -2.33. The van der Waals surface area contributed by atoms with Gasteiger partial charge in [0.2, 0.25) is 0 Å². The zero-order chi connectivity index (χ0) is 19.5. The third kappa shape index (κ3) is 2.88. The minimum Gasteiger partial charge on any atom is -0.759 e. The van der Waals surface area contributed by atoms with Crippen LogP contribution in [-0.2, 0) is 30.4 Å². The van der Waals surface area contributed by atoms with Gasteiger partial charge >= 0.3 is 0 Å². The topological polar surface area (TPSA) is 47.9 Å².